The molecule has 0 unspecified atom stereocenters. The Hall–Kier alpha value is -3.21. The van der Waals surface area contributed by atoms with Gasteiger partial charge in [0.25, 0.3) is 0 Å². The summed E-state index contributed by atoms with van der Waals surface area (Å²) in [6.45, 7) is 0.0553. The van der Waals surface area contributed by atoms with E-state index in [0.29, 0.717) is 10.7 Å². The van der Waals surface area contributed by atoms with E-state index in [4.69, 9.17) is 4.74 Å². The summed E-state index contributed by atoms with van der Waals surface area (Å²) in [4.78, 5) is 16.4. The third kappa shape index (κ3) is 6.16. The molecule has 32 heavy (non-hydrogen) atoms. The number of benzene rings is 1. The van der Waals surface area contributed by atoms with Crippen LogP contribution in [0.3, 0.4) is 0 Å². The van der Waals surface area contributed by atoms with Crippen LogP contribution in [-0.4, -0.2) is 45.1 Å². The number of nitrogens with one attached hydrogen (secondary N) is 1. The molecule has 0 saturated heterocycles. The highest BCUT2D eigenvalue weighted by Gasteiger charge is 2.16. The van der Waals surface area contributed by atoms with E-state index in [2.05, 4.69) is 32.2 Å². The molecule has 0 atom stereocenters. The van der Waals surface area contributed by atoms with Crippen LogP contribution in [0.1, 0.15) is 18.9 Å². The number of amides is 1. The normalized spacial score (nSPS) is 10.9. The molecule has 1 aromatic carbocycles. The number of carbonyl (C=O) groups is 1. The molecule has 1 amide bonds. The topological polar surface area (TPSA) is 91.2 Å². The monoisotopic (exact) mass is 463 g/mol. The summed E-state index contributed by atoms with van der Waals surface area (Å²) in [6.07, 6.45) is 4.28. The van der Waals surface area contributed by atoms with Gasteiger partial charge in [-0.2, -0.15) is 8.78 Å². The molecule has 2 heterocycles. The van der Waals surface area contributed by atoms with Crippen LogP contribution in [-0.2, 0) is 17.9 Å². The second-order valence-corrected chi connectivity index (χ2v) is 7.57. The largest absolute Gasteiger partial charge is 0.493 e. The quantitative estimate of drug-likeness (QED) is 0.433. The van der Waals surface area contributed by atoms with E-state index in [1.54, 1.807) is 24.5 Å². The van der Waals surface area contributed by atoms with E-state index < -0.39 is 6.61 Å². The highest BCUT2D eigenvalue weighted by molar-refractivity contribution is 7.99. The average Bonchev–Trinajstić information content (AvgIpc) is 3.20. The second-order valence-electron chi connectivity index (χ2n) is 6.62. The Morgan fingerprint density at radius 1 is 1.19 bits per heavy atom. The lowest BCUT2D eigenvalue weighted by Gasteiger charge is -2.12. The van der Waals surface area contributed by atoms with Gasteiger partial charge in [-0.3, -0.25) is 9.78 Å². The van der Waals surface area contributed by atoms with Gasteiger partial charge in [0.1, 0.15) is 0 Å². The fourth-order valence-electron chi connectivity index (χ4n) is 2.93. The minimum absolute atomic E-state index is 0.0617. The zero-order valence-corrected chi connectivity index (χ0v) is 18.4. The molecule has 0 saturated carbocycles. The van der Waals surface area contributed by atoms with E-state index >= 15 is 0 Å². The Labute approximate surface area is 188 Å². The van der Waals surface area contributed by atoms with Gasteiger partial charge in [-0.25, -0.2) is 0 Å². The summed E-state index contributed by atoms with van der Waals surface area (Å²) in [5, 5.41) is 12.0. The first-order valence-electron chi connectivity index (χ1n) is 9.86. The summed E-state index contributed by atoms with van der Waals surface area (Å²) in [5.74, 6) is 0.798. The van der Waals surface area contributed by atoms with Gasteiger partial charge in [0.15, 0.2) is 22.5 Å². The first kappa shape index (κ1) is 23.5. The average molecular weight is 464 g/mol. The van der Waals surface area contributed by atoms with Crippen molar-refractivity contribution >= 4 is 17.7 Å². The Bertz CT molecular complexity index is 1030. The third-order valence-corrected chi connectivity index (χ3v) is 5.34. The highest BCUT2D eigenvalue weighted by Crippen LogP contribution is 2.29. The fourth-order valence-corrected chi connectivity index (χ4v) is 3.73. The van der Waals surface area contributed by atoms with Gasteiger partial charge in [-0.05, 0) is 36.2 Å². The zero-order chi connectivity index (χ0) is 22.9. The van der Waals surface area contributed by atoms with Crippen LogP contribution in [0.15, 0.2) is 47.9 Å². The molecule has 170 valence electrons. The van der Waals surface area contributed by atoms with Crippen LogP contribution in [0.2, 0.25) is 0 Å². The summed E-state index contributed by atoms with van der Waals surface area (Å²) in [5.41, 5.74) is 1.60. The van der Waals surface area contributed by atoms with E-state index in [1.807, 2.05) is 16.7 Å². The van der Waals surface area contributed by atoms with Crippen molar-refractivity contribution in [3.63, 3.8) is 0 Å². The highest BCUT2D eigenvalue weighted by atomic mass is 32.2. The number of thioether (sulfide) groups is 1. The molecule has 0 fully saturated rings. The summed E-state index contributed by atoms with van der Waals surface area (Å²) < 4.78 is 36.3. The molecular weight excluding hydrogens is 440 g/mol. The number of halogens is 2. The third-order valence-electron chi connectivity index (χ3n) is 4.37. The van der Waals surface area contributed by atoms with Gasteiger partial charge in [0.2, 0.25) is 5.91 Å². The Kier molecular flexibility index (Phi) is 8.37. The predicted molar refractivity (Wildman–Crippen MR) is 116 cm³/mol. The predicted octanol–water partition coefficient (Wildman–Crippen LogP) is 3.77. The molecule has 0 aliphatic carbocycles. The van der Waals surface area contributed by atoms with Gasteiger partial charge >= 0.3 is 6.61 Å². The van der Waals surface area contributed by atoms with E-state index in [0.717, 1.165) is 24.4 Å². The maximum Gasteiger partial charge on any atom is 0.387 e. The first-order chi connectivity index (χ1) is 15.5. The van der Waals surface area contributed by atoms with Crippen molar-refractivity contribution in [1.82, 2.24) is 25.1 Å². The van der Waals surface area contributed by atoms with E-state index in [1.165, 1.54) is 24.9 Å². The van der Waals surface area contributed by atoms with Crippen LogP contribution in [0.5, 0.6) is 11.5 Å². The van der Waals surface area contributed by atoms with Gasteiger partial charge in [-0.15, -0.1) is 10.2 Å². The lowest BCUT2D eigenvalue weighted by atomic mass is 10.2. The molecule has 0 aliphatic heterocycles. The summed E-state index contributed by atoms with van der Waals surface area (Å²) in [6, 6.07) is 8.25. The number of ether oxygens (including phenoxy) is 2. The number of methoxy groups -OCH3 is 1. The van der Waals surface area contributed by atoms with Gasteiger partial charge < -0.3 is 19.4 Å². The molecule has 0 radical (unpaired) electrons. The van der Waals surface area contributed by atoms with Crippen LogP contribution >= 0.6 is 11.8 Å². The Morgan fingerprint density at radius 3 is 2.66 bits per heavy atom. The van der Waals surface area contributed by atoms with Crippen LogP contribution in [0, 0.1) is 0 Å². The van der Waals surface area contributed by atoms with Crippen molar-refractivity contribution < 1.29 is 23.0 Å². The molecule has 0 bridgehead atoms. The molecule has 3 aromatic rings. The van der Waals surface area contributed by atoms with Crippen molar-refractivity contribution in [2.75, 3.05) is 12.9 Å². The Morgan fingerprint density at radius 2 is 1.97 bits per heavy atom. The fraction of sp³-hybridized carbons (Fsp3) is 0.333. The number of pyridine rings is 1. The number of carbonyl (C=O) groups excluding carboxylic acids is 1. The minimum Gasteiger partial charge on any atom is -0.493 e. The van der Waals surface area contributed by atoms with Gasteiger partial charge in [0, 0.05) is 31.0 Å². The standard InChI is InChI=1S/C21H23F2N5O3S/c1-3-10-28-19(15-6-8-24-9-7-15)26-27-21(28)32-13-18(29)25-12-14-4-5-16(31-20(22)23)17(11-14)30-2/h4-9,11,20H,3,10,12-13H2,1-2H3,(H,25,29). The molecule has 3 rings (SSSR count). The smallest absolute Gasteiger partial charge is 0.387 e. The number of nitrogens with zero attached hydrogens (tertiary/aromatic N) is 4. The number of hydrogen-bond acceptors (Lipinski definition) is 7. The van der Waals surface area contributed by atoms with Crippen molar-refractivity contribution in [3.8, 4) is 22.9 Å². The molecule has 11 heteroatoms. The minimum atomic E-state index is -2.94. The molecule has 1 N–H and O–H groups in total. The molecule has 2 aromatic heterocycles. The SMILES string of the molecule is CCCn1c(SCC(=O)NCc2ccc(OC(F)F)c(OC)c2)nnc1-c1ccncc1. The molecule has 8 nitrogen and oxygen atoms in total. The van der Waals surface area contributed by atoms with Crippen LogP contribution in [0.4, 0.5) is 8.78 Å². The van der Waals surface area contributed by atoms with Crippen LogP contribution < -0.4 is 14.8 Å². The van der Waals surface area contributed by atoms with Crippen molar-refractivity contribution in [3.05, 3.63) is 48.3 Å². The maximum absolute atomic E-state index is 12.4. The first-order valence-corrected chi connectivity index (χ1v) is 10.8. The van der Waals surface area contributed by atoms with Crippen molar-refractivity contribution in [1.29, 1.82) is 0 Å². The van der Waals surface area contributed by atoms with E-state index in [9.17, 15) is 13.6 Å². The number of alkyl halides is 2. The van der Waals surface area contributed by atoms with Gasteiger partial charge in [0.05, 0.1) is 12.9 Å². The zero-order valence-electron chi connectivity index (χ0n) is 17.6. The lowest BCUT2D eigenvalue weighted by molar-refractivity contribution is -0.118. The number of rotatable bonds is 11. The van der Waals surface area contributed by atoms with Crippen LogP contribution in [0.25, 0.3) is 11.4 Å². The van der Waals surface area contributed by atoms with Crippen molar-refractivity contribution in [2.24, 2.45) is 0 Å². The number of hydrogen-bond donors (Lipinski definition) is 1. The molecule has 0 aliphatic rings. The number of aromatic nitrogens is 4. The summed E-state index contributed by atoms with van der Waals surface area (Å²) >= 11 is 1.30. The molecular formula is C21H23F2N5O3S. The van der Waals surface area contributed by atoms with E-state index in [-0.39, 0.29) is 29.7 Å². The second kappa shape index (κ2) is 11.4. The lowest BCUT2D eigenvalue weighted by Crippen LogP contribution is -2.24. The van der Waals surface area contributed by atoms with Crippen molar-refractivity contribution in [2.45, 2.75) is 38.2 Å². The Balaban J connectivity index is 1.59. The maximum atomic E-state index is 12.4. The molecule has 0 spiro atoms. The van der Waals surface area contributed by atoms with Gasteiger partial charge in [-0.1, -0.05) is 24.8 Å². The summed E-state index contributed by atoms with van der Waals surface area (Å²) in [7, 11) is 1.36.